The highest BCUT2D eigenvalue weighted by molar-refractivity contribution is 5.80. The lowest BCUT2D eigenvalue weighted by Crippen LogP contribution is -2.44. The second-order valence-electron chi connectivity index (χ2n) is 6.94. The summed E-state index contributed by atoms with van der Waals surface area (Å²) in [6.07, 6.45) is -2.12. The zero-order chi connectivity index (χ0) is 19.8. The van der Waals surface area contributed by atoms with Crippen LogP contribution in [0.4, 0.5) is 18.0 Å². The minimum atomic E-state index is -4.42. The molecule has 0 aromatic rings. The third-order valence-electron chi connectivity index (χ3n) is 3.35. The highest BCUT2D eigenvalue weighted by Crippen LogP contribution is 2.20. The molecule has 0 unspecified atom stereocenters. The Morgan fingerprint density at radius 1 is 1.19 bits per heavy atom. The number of hydrogen-bond donors (Lipinski definition) is 3. The monoisotopic (exact) mass is 380 g/mol. The summed E-state index contributed by atoms with van der Waals surface area (Å²) in [5.74, 6) is 0.176. The summed E-state index contributed by atoms with van der Waals surface area (Å²) in [6.45, 7) is 5.44. The van der Waals surface area contributed by atoms with Gasteiger partial charge in [-0.2, -0.15) is 13.2 Å². The van der Waals surface area contributed by atoms with E-state index in [9.17, 15) is 18.0 Å². The second-order valence-corrected chi connectivity index (χ2v) is 6.94. The fraction of sp³-hybridized carbons (Fsp3) is 0.750. The average molecular weight is 380 g/mol. The molecule has 1 aliphatic rings. The predicted octanol–water partition coefficient (Wildman–Crippen LogP) is 2.65. The molecule has 0 spiro atoms. The summed E-state index contributed by atoms with van der Waals surface area (Å²) in [5, 5.41) is 8.59. The maximum absolute atomic E-state index is 12.2. The van der Waals surface area contributed by atoms with E-state index in [0.29, 0.717) is 12.6 Å². The van der Waals surface area contributed by atoms with Crippen molar-refractivity contribution in [3.63, 3.8) is 0 Å². The van der Waals surface area contributed by atoms with Crippen LogP contribution in [-0.4, -0.2) is 49.8 Å². The van der Waals surface area contributed by atoms with Gasteiger partial charge in [0.2, 0.25) is 0 Å². The summed E-state index contributed by atoms with van der Waals surface area (Å²) >= 11 is 0. The summed E-state index contributed by atoms with van der Waals surface area (Å²) in [4.78, 5) is 15.5. The van der Waals surface area contributed by atoms with Crippen LogP contribution in [0.5, 0.6) is 0 Å². The van der Waals surface area contributed by atoms with Crippen LogP contribution in [0.1, 0.15) is 40.0 Å². The van der Waals surface area contributed by atoms with E-state index in [1.807, 2.05) is 0 Å². The van der Waals surface area contributed by atoms with E-state index in [4.69, 9.17) is 9.47 Å². The van der Waals surface area contributed by atoms with Gasteiger partial charge in [0.25, 0.3) is 0 Å². The number of alkyl halides is 3. The second kappa shape index (κ2) is 9.65. The summed E-state index contributed by atoms with van der Waals surface area (Å²) < 4.78 is 46.6. The van der Waals surface area contributed by atoms with Gasteiger partial charge in [-0.15, -0.1) is 0 Å². The van der Waals surface area contributed by atoms with Crippen LogP contribution in [-0.2, 0) is 9.47 Å². The minimum absolute atomic E-state index is 0.0441. The number of hydrogen-bond acceptors (Lipinski definition) is 4. The maximum atomic E-state index is 12.2. The van der Waals surface area contributed by atoms with Crippen LogP contribution in [0.3, 0.4) is 0 Å². The van der Waals surface area contributed by atoms with Crippen molar-refractivity contribution in [3.05, 3.63) is 12.3 Å². The van der Waals surface area contributed by atoms with Crippen molar-refractivity contribution >= 4 is 12.1 Å². The molecule has 2 atom stereocenters. The van der Waals surface area contributed by atoms with Gasteiger partial charge in [0.15, 0.2) is 5.96 Å². The van der Waals surface area contributed by atoms with E-state index in [-0.39, 0.29) is 30.9 Å². The number of nitrogens with one attached hydrogen (secondary N) is 3. The molecule has 1 saturated carbocycles. The van der Waals surface area contributed by atoms with Crippen LogP contribution in [0.15, 0.2) is 17.3 Å². The number of halogens is 3. The Bertz CT molecular complexity index is 516. The molecule has 0 aliphatic heterocycles. The largest absolute Gasteiger partial charge is 0.444 e. The van der Waals surface area contributed by atoms with Gasteiger partial charge in [-0.3, -0.25) is 0 Å². The quantitative estimate of drug-likeness (QED) is 0.388. The van der Waals surface area contributed by atoms with Gasteiger partial charge in [-0.25, -0.2) is 9.79 Å². The minimum Gasteiger partial charge on any atom is -0.444 e. The molecular weight excluding hydrogens is 353 g/mol. The molecule has 3 N–H and O–H groups in total. The van der Waals surface area contributed by atoms with E-state index in [0.717, 1.165) is 12.8 Å². The molecule has 7 nitrogen and oxygen atoms in total. The summed E-state index contributed by atoms with van der Waals surface area (Å²) in [7, 11) is 1.45. The molecule has 0 saturated heterocycles. The zero-order valence-corrected chi connectivity index (χ0v) is 15.4. The average Bonchev–Trinajstić information content (AvgIpc) is 2.88. The lowest BCUT2D eigenvalue weighted by Gasteiger charge is -2.22. The first-order valence-corrected chi connectivity index (χ1v) is 8.29. The number of nitrogens with zero attached hydrogens (tertiary/aromatic N) is 1. The molecule has 0 heterocycles. The Morgan fingerprint density at radius 3 is 2.35 bits per heavy atom. The molecule has 26 heavy (non-hydrogen) atoms. The van der Waals surface area contributed by atoms with Crippen molar-refractivity contribution < 1.29 is 27.4 Å². The van der Waals surface area contributed by atoms with E-state index in [1.54, 1.807) is 20.8 Å². The fourth-order valence-electron chi connectivity index (χ4n) is 2.38. The first-order chi connectivity index (χ1) is 12.0. The zero-order valence-electron chi connectivity index (χ0n) is 15.4. The number of amides is 1. The lowest BCUT2D eigenvalue weighted by atomic mass is 10.2. The highest BCUT2D eigenvalue weighted by atomic mass is 19.4. The standard InChI is InChI=1S/C16H27F3N4O3/c1-15(2,3)26-14(24)23-12-6-5-11(9-12)22-13(21-10-25-4)20-8-7-16(17,18)19/h7-8,11-12H,5-6,9-10H2,1-4H3,(H,23,24)(H2,20,21,22)/b8-7+/t11-,12-/m0/s1. The number of aliphatic imine (C=N–C) groups is 1. The van der Waals surface area contributed by atoms with Crippen LogP contribution in [0.2, 0.25) is 0 Å². The number of carbonyl (C=O) groups excluding carboxylic acids is 1. The molecule has 1 fully saturated rings. The molecule has 0 bridgehead atoms. The SMILES string of the molecule is COCN/C(=N\C=C\C(F)(F)F)N[C@H]1CC[C@H](NC(=O)OC(C)(C)C)C1. The summed E-state index contributed by atoms with van der Waals surface area (Å²) in [6, 6.07) is -0.117. The summed E-state index contributed by atoms with van der Waals surface area (Å²) in [5.41, 5.74) is -0.574. The molecule has 10 heteroatoms. The van der Waals surface area contributed by atoms with Gasteiger partial charge < -0.3 is 25.4 Å². The number of guanidine groups is 1. The number of carbonyl (C=O) groups is 1. The first kappa shape index (κ1) is 22.1. The molecule has 0 aromatic heterocycles. The van der Waals surface area contributed by atoms with Crippen LogP contribution in [0, 0.1) is 0 Å². The molecule has 150 valence electrons. The number of allylic oxidation sites excluding steroid dienone is 1. The Kier molecular flexibility index (Phi) is 8.19. The van der Waals surface area contributed by atoms with Crippen molar-refractivity contribution in [2.75, 3.05) is 13.8 Å². The van der Waals surface area contributed by atoms with Gasteiger partial charge in [-0.1, -0.05) is 0 Å². The maximum Gasteiger partial charge on any atom is 0.411 e. The normalized spacial score (nSPS) is 21.7. The Labute approximate surface area is 151 Å². The first-order valence-electron chi connectivity index (χ1n) is 8.29. The molecule has 0 aromatic carbocycles. The Hall–Kier alpha value is -1.97. The molecule has 0 radical (unpaired) electrons. The van der Waals surface area contributed by atoms with E-state index >= 15 is 0 Å². The lowest BCUT2D eigenvalue weighted by molar-refractivity contribution is -0.0799. The van der Waals surface area contributed by atoms with Crippen molar-refractivity contribution in [1.29, 1.82) is 0 Å². The van der Waals surface area contributed by atoms with Gasteiger partial charge in [0, 0.05) is 31.5 Å². The third kappa shape index (κ3) is 10.1. The smallest absolute Gasteiger partial charge is 0.411 e. The predicted molar refractivity (Wildman–Crippen MR) is 91.6 cm³/mol. The van der Waals surface area contributed by atoms with Crippen molar-refractivity contribution in [2.24, 2.45) is 4.99 Å². The van der Waals surface area contributed by atoms with Crippen molar-refractivity contribution in [1.82, 2.24) is 16.0 Å². The van der Waals surface area contributed by atoms with Crippen LogP contribution < -0.4 is 16.0 Å². The van der Waals surface area contributed by atoms with E-state index in [1.165, 1.54) is 7.11 Å². The number of alkyl carbamates (subject to hydrolysis) is 1. The van der Waals surface area contributed by atoms with E-state index in [2.05, 4.69) is 20.9 Å². The third-order valence-corrected chi connectivity index (χ3v) is 3.35. The highest BCUT2D eigenvalue weighted by Gasteiger charge is 2.28. The van der Waals surface area contributed by atoms with Gasteiger partial charge in [0.1, 0.15) is 12.3 Å². The van der Waals surface area contributed by atoms with Crippen LogP contribution >= 0.6 is 0 Å². The molecule has 1 aliphatic carbocycles. The number of ether oxygens (including phenoxy) is 2. The Balaban J connectivity index is 2.55. The van der Waals surface area contributed by atoms with Gasteiger partial charge >= 0.3 is 12.3 Å². The topological polar surface area (TPSA) is 84.0 Å². The number of methoxy groups -OCH3 is 1. The van der Waals surface area contributed by atoms with Crippen molar-refractivity contribution in [2.45, 2.75) is 63.9 Å². The van der Waals surface area contributed by atoms with Crippen molar-refractivity contribution in [3.8, 4) is 0 Å². The molecule has 1 rings (SSSR count). The van der Waals surface area contributed by atoms with Crippen LogP contribution in [0.25, 0.3) is 0 Å². The van der Waals surface area contributed by atoms with E-state index < -0.39 is 17.9 Å². The van der Waals surface area contributed by atoms with Gasteiger partial charge in [-0.05, 0) is 40.0 Å². The fourth-order valence-corrected chi connectivity index (χ4v) is 2.38. The van der Waals surface area contributed by atoms with Gasteiger partial charge in [0.05, 0.1) is 0 Å². The molecule has 1 amide bonds. The molecular formula is C16H27F3N4O3. The number of rotatable bonds is 5. The Morgan fingerprint density at radius 2 is 1.81 bits per heavy atom.